The Morgan fingerprint density at radius 1 is 1.06 bits per heavy atom. The Hall–Kier alpha value is -0.680. The predicted molar refractivity (Wildman–Crippen MR) is 128 cm³/mol. The zero-order valence-electron chi connectivity index (χ0n) is 20.8. The number of aliphatic hydroxyl groups is 3. The summed E-state index contributed by atoms with van der Waals surface area (Å²) in [4.78, 5) is 0. The van der Waals surface area contributed by atoms with Gasteiger partial charge in [0.15, 0.2) is 0 Å². The number of ether oxygens (including phenoxy) is 1. The highest BCUT2D eigenvalue weighted by Crippen LogP contribution is 2.64. The van der Waals surface area contributed by atoms with Crippen LogP contribution in [0, 0.1) is 28.6 Å². The Balaban J connectivity index is 1.40. The van der Waals surface area contributed by atoms with Crippen LogP contribution in [0.1, 0.15) is 91.9 Å². The molecule has 4 nitrogen and oxygen atoms in total. The number of allylic oxidation sites excluding steroid dienone is 3. The van der Waals surface area contributed by atoms with Crippen molar-refractivity contribution in [2.45, 2.75) is 110 Å². The number of hydrogen-bond acceptors (Lipinski definition) is 4. The van der Waals surface area contributed by atoms with Crippen LogP contribution in [0.5, 0.6) is 0 Å². The average molecular weight is 447 g/mol. The van der Waals surface area contributed by atoms with E-state index < -0.39 is 17.8 Å². The molecule has 0 amide bonds. The van der Waals surface area contributed by atoms with Crippen LogP contribution in [0.25, 0.3) is 0 Å². The molecular formula is C28H46O4. The predicted octanol–water partition coefficient (Wildman–Crippen LogP) is 5.17. The standard InChI is InChI=1S/C28H46O4/c1-5-28(31,6-2)13-7-15-32-18-20-9-11-23-22-10-8-19-16-21(29)17-25(30)27(19,4)24(22)12-14-26(20,23)3/h8,10,20-21,23-25,29-31H,5-7,9,11-18H2,1-4H3/t20-,21-,23+,24+,25+,26-,27+/m1/s1. The Morgan fingerprint density at radius 3 is 2.53 bits per heavy atom. The van der Waals surface area contributed by atoms with Crippen LogP contribution < -0.4 is 0 Å². The molecule has 32 heavy (non-hydrogen) atoms. The molecule has 7 atom stereocenters. The summed E-state index contributed by atoms with van der Waals surface area (Å²) in [6.45, 7) is 10.4. The lowest BCUT2D eigenvalue weighted by Gasteiger charge is -2.56. The van der Waals surface area contributed by atoms with Gasteiger partial charge >= 0.3 is 0 Å². The van der Waals surface area contributed by atoms with Crippen molar-refractivity contribution in [3.63, 3.8) is 0 Å². The van der Waals surface area contributed by atoms with Gasteiger partial charge in [-0.2, -0.15) is 0 Å². The van der Waals surface area contributed by atoms with Gasteiger partial charge in [-0.1, -0.05) is 51.0 Å². The lowest BCUT2D eigenvalue weighted by molar-refractivity contribution is -0.0562. The summed E-state index contributed by atoms with van der Waals surface area (Å²) in [5.41, 5.74) is 2.34. The summed E-state index contributed by atoms with van der Waals surface area (Å²) in [7, 11) is 0. The van der Waals surface area contributed by atoms with Gasteiger partial charge in [-0.3, -0.25) is 0 Å². The summed E-state index contributed by atoms with van der Waals surface area (Å²) in [6.07, 6.45) is 13.0. The van der Waals surface area contributed by atoms with Crippen LogP contribution in [-0.2, 0) is 4.74 Å². The first-order chi connectivity index (χ1) is 15.2. The van der Waals surface area contributed by atoms with Crippen LogP contribution in [-0.4, -0.2) is 46.3 Å². The maximum absolute atomic E-state index is 11.0. The molecule has 0 bridgehead atoms. The highest BCUT2D eigenvalue weighted by Gasteiger charge is 2.58. The van der Waals surface area contributed by atoms with Crippen molar-refractivity contribution in [3.05, 3.63) is 23.3 Å². The molecule has 0 unspecified atom stereocenters. The van der Waals surface area contributed by atoms with Gasteiger partial charge in [0.25, 0.3) is 0 Å². The second-order valence-corrected chi connectivity index (χ2v) is 11.8. The topological polar surface area (TPSA) is 69.9 Å². The zero-order chi connectivity index (χ0) is 23.1. The number of rotatable bonds is 8. The second-order valence-electron chi connectivity index (χ2n) is 11.8. The number of hydrogen-bond donors (Lipinski definition) is 3. The van der Waals surface area contributed by atoms with E-state index in [4.69, 9.17) is 4.74 Å². The molecular weight excluding hydrogens is 400 g/mol. The first kappa shape index (κ1) is 24.4. The molecule has 0 aromatic carbocycles. The Labute approximate surface area is 195 Å². The van der Waals surface area contributed by atoms with E-state index in [0.717, 1.165) is 45.3 Å². The molecule has 4 aliphatic rings. The third-order valence-electron chi connectivity index (χ3n) is 10.4. The van der Waals surface area contributed by atoms with Crippen molar-refractivity contribution >= 4 is 0 Å². The molecule has 182 valence electrons. The van der Waals surface area contributed by atoms with Crippen LogP contribution >= 0.6 is 0 Å². The zero-order valence-corrected chi connectivity index (χ0v) is 20.8. The molecule has 3 fully saturated rings. The molecule has 0 aromatic heterocycles. The molecule has 0 saturated heterocycles. The molecule has 3 saturated carbocycles. The van der Waals surface area contributed by atoms with Crippen LogP contribution in [0.3, 0.4) is 0 Å². The van der Waals surface area contributed by atoms with E-state index in [1.54, 1.807) is 5.57 Å². The third-order valence-corrected chi connectivity index (χ3v) is 10.4. The third kappa shape index (κ3) is 4.04. The van der Waals surface area contributed by atoms with Crippen molar-refractivity contribution in [1.29, 1.82) is 0 Å². The highest BCUT2D eigenvalue weighted by atomic mass is 16.5. The van der Waals surface area contributed by atoms with E-state index in [9.17, 15) is 15.3 Å². The monoisotopic (exact) mass is 446 g/mol. The minimum Gasteiger partial charge on any atom is -0.393 e. The molecule has 0 aliphatic heterocycles. The van der Waals surface area contributed by atoms with Gasteiger partial charge in [0.1, 0.15) is 0 Å². The molecule has 3 N–H and O–H groups in total. The fourth-order valence-corrected chi connectivity index (χ4v) is 7.76. The molecule has 0 radical (unpaired) electrons. The first-order valence-corrected chi connectivity index (χ1v) is 13.2. The van der Waals surface area contributed by atoms with Crippen molar-refractivity contribution in [1.82, 2.24) is 0 Å². The van der Waals surface area contributed by atoms with E-state index in [-0.39, 0.29) is 10.8 Å². The second kappa shape index (κ2) is 9.17. The molecule has 4 heteroatoms. The number of fused-ring (bicyclic) bond motifs is 5. The first-order valence-electron chi connectivity index (χ1n) is 13.2. The molecule has 4 aliphatic carbocycles. The lowest BCUT2D eigenvalue weighted by Crippen LogP contribution is -2.52. The fourth-order valence-electron chi connectivity index (χ4n) is 7.76. The van der Waals surface area contributed by atoms with E-state index >= 15 is 0 Å². The number of aliphatic hydroxyl groups excluding tert-OH is 2. The van der Waals surface area contributed by atoms with Gasteiger partial charge < -0.3 is 20.1 Å². The minimum atomic E-state index is -0.526. The van der Waals surface area contributed by atoms with E-state index in [0.29, 0.717) is 30.6 Å². The summed E-state index contributed by atoms with van der Waals surface area (Å²) in [6, 6.07) is 0. The maximum atomic E-state index is 11.0. The average Bonchev–Trinajstić information content (AvgIpc) is 3.11. The Bertz CT molecular complexity index is 738. The smallest absolute Gasteiger partial charge is 0.0661 e. The SMILES string of the molecule is CCC(O)(CC)CCCOC[C@H]1CC[C@H]2C3=CC=C4C[C@@H](O)C[C@H](O)[C@]4(C)[C@H]3CC[C@]12C. The van der Waals surface area contributed by atoms with Gasteiger partial charge in [-0.05, 0) is 81.0 Å². The fraction of sp³-hybridized carbons (Fsp3) is 0.857. The van der Waals surface area contributed by atoms with Crippen molar-refractivity contribution in [3.8, 4) is 0 Å². The van der Waals surface area contributed by atoms with Gasteiger partial charge in [0.05, 0.1) is 17.8 Å². The molecule has 0 spiro atoms. The van der Waals surface area contributed by atoms with Gasteiger partial charge in [0, 0.05) is 25.0 Å². The van der Waals surface area contributed by atoms with Crippen LogP contribution in [0.15, 0.2) is 23.3 Å². The molecule has 4 rings (SSSR count). The van der Waals surface area contributed by atoms with Gasteiger partial charge in [-0.25, -0.2) is 0 Å². The normalized spacial score (nSPS) is 41.4. The summed E-state index contributed by atoms with van der Waals surface area (Å²) >= 11 is 0. The Kier molecular flexibility index (Phi) is 7.00. The van der Waals surface area contributed by atoms with Crippen LogP contribution in [0.2, 0.25) is 0 Å². The summed E-state index contributed by atoms with van der Waals surface area (Å²) in [5.74, 6) is 1.57. The van der Waals surface area contributed by atoms with Gasteiger partial charge in [-0.15, -0.1) is 0 Å². The van der Waals surface area contributed by atoms with Crippen LogP contribution in [0.4, 0.5) is 0 Å². The molecule has 0 heterocycles. The van der Waals surface area contributed by atoms with E-state index in [1.165, 1.54) is 24.8 Å². The summed E-state index contributed by atoms with van der Waals surface area (Å²) < 4.78 is 6.18. The lowest BCUT2D eigenvalue weighted by atomic mass is 9.50. The quantitative estimate of drug-likeness (QED) is 0.450. The Morgan fingerprint density at radius 2 is 1.81 bits per heavy atom. The largest absolute Gasteiger partial charge is 0.393 e. The van der Waals surface area contributed by atoms with E-state index in [2.05, 4.69) is 39.8 Å². The highest BCUT2D eigenvalue weighted by molar-refractivity contribution is 5.40. The maximum Gasteiger partial charge on any atom is 0.0661 e. The van der Waals surface area contributed by atoms with Crippen molar-refractivity contribution in [2.75, 3.05) is 13.2 Å². The van der Waals surface area contributed by atoms with E-state index in [1.807, 2.05) is 0 Å². The van der Waals surface area contributed by atoms with Crippen molar-refractivity contribution < 1.29 is 20.1 Å². The van der Waals surface area contributed by atoms with Gasteiger partial charge in [0.2, 0.25) is 0 Å². The van der Waals surface area contributed by atoms with Crippen molar-refractivity contribution in [2.24, 2.45) is 28.6 Å². The summed E-state index contributed by atoms with van der Waals surface area (Å²) in [5, 5.41) is 31.7. The minimum absolute atomic E-state index is 0.214. The molecule has 0 aromatic rings.